The Hall–Kier alpha value is -3.41. The second-order valence-electron chi connectivity index (χ2n) is 5.75. The fourth-order valence-electron chi connectivity index (χ4n) is 3.29. The third-order valence-electron chi connectivity index (χ3n) is 4.42. The minimum absolute atomic E-state index is 0.328. The molecule has 2 heterocycles. The van der Waals surface area contributed by atoms with Crippen molar-refractivity contribution in [1.29, 1.82) is 10.5 Å². The summed E-state index contributed by atoms with van der Waals surface area (Å²) in [5, 5.41) is 23.4. The molecule has 120 valence electrons. The molecule has 2 aliphatic heterocycles. The Labute approximate surface area is 149 Å². The summed E-state index contributed by atoms with van der Waals surface area (Å²) in [4.78, 5) is 1.73. The van der Waals surface area contributed by atoms with Crippen molar-refractivity contribution < 1.29 is 0 Å². The maximum atomic E-state index is 9.83. The number of rotatable bonds is 1. The highest BCUT2D eigenvalue weighted by Crippen LogP contribution is 2.47. The molecule has 3 N–H and O–H groups in total. The van der Waals surface area contributed by atoms with Gasteiger partial charge in [-0.2, -0.15) is 10.5 Å². The van der Waals surface area contributed by atoms with E-state index < -0.39 is 5.92 Å². The van der Waals surface area contributed by atoms with Crippen molar-refractivity contribution in [2.75, 3.05) is 10.2 Å². The third-order valence-corrected chi connectivity index (χ3v) is 4.67. The Morgan fingerprint density at radius 3 is 2.36 bits per heavy atom. The number of para-hydroxylation sites is 2. The van der Waals surface area contributed by atoms with E-state index in [2.05, 4.69) is 17.5 Å². The summed E-state index contributed by atoms with van der Waals surface area (Å²) in [6.45, 7) is 0. The van der Waals surface area contributed by atoms with Gasteiger partial charge in [0.15, 0.2) is 0 Å². The molecule has 2 aromatic rings. The van der Waals surface area contributed by atoms with Crippen molar-refractivity contribution >= 4 is 23.0 Å². The molecule has 0 aliphatic carbocycles. The quantitative estimate of drug-likeness (QED) is 0.820. The van der Waals surface area contributed by atoms with Gasteiger partial charge in [0.2, 0.25) is 0 Å². The van der Waals surface area contributed by atoms with Gasteiger partial charge in [0.05, 0.1) is 40.6 Å². The average Bonchev–Trinajstić information content (AvgIpc) is 3.02. The number of hydrogen-bond acceptors (Lipinski definition) is 5. The van der Waals surface area contributed by atoms with Crippen LogP contribution < -0.4 is 16.0 Å². The van der Waals surface area contributed by atoms with Crippen LogP contribution in [0.5, 0.6) is 0 Å². The molecular formula is C19H12ClN5. The van der Waals surface area contributed by atoms with E-state index in [0.29, 0.717) is 27.8 Å². The Morgan fingerprint density at radius 1 is 1.00 bits per heavy atom. The molecule has 0 saturated carbocycles. The maximum Gasteiger partial charge on any atom is 0.131 e. The van der Waals surface area contributed by atoms with E-state index in [0.717, 1.165) is 16.9 Å². The molecule has 0 bridgehead atoms. The van der Waals surface area contributed by atoms with Crippen molar-refractivity contribution in [3.05, 3.63) is 81.9 Å². The smallest absolute Gasteiger partial charge is 0.131 e. The standard InChI is InChI=1S/C19H12ClN5/c20-12-7-5-11(6-8-12)17-13(9-21)18(23)25-16-4-2-1-3-15(16)24-19(25)14(17)10-22/h1-8,17,24H,23H2/t17-/m0/s1. The summed E-state index contributed by atoms with van der Waals surface area (Å²) in [5.41, 5.74) is 9.60. The fourth-order valence-corrected chi connectivity index (χ4v) is 3.42. The van der Waals surface area contributed by atoms with Gasteiger partial charge in [-0.15, -0.1) is 0 Å². The first-order valence-electron chi connectivity index (χ1n) is 7.61. The van der Waals surface area contributed by atoms with Crippen LogP contribution in [0.25, 0.3) is 0 Å². The summed E-state index contributed by atoms with van der Waals surface area (Å²) < 4.78 is 0. The lowest BCUT2D eigenvalue weighted by molar-refractivity contribution is 0.868. The number of nitrogens with one attached hydrogen (secondary N) is 1. The van der Waals surface area contributed by atoms with Gasteiger partial charge in [0.25, 0.3) is 0 Å². The minimum Gasteiger partial charge on any atom is -0.384 e. The molecule has 2 aliphatic rings. The second-order valence-corrected chi connectivity index (χ2v) is 6.18. The highest BCUT2D eigenvalue weighted by Gasteiger charge is 2.39. The molecule has 0 aromatic heterocycles. The van der Waals surface area contributed by atoms with Gasteiger partial charge in [0.1, 0.15) is 11.6 Å². The van der Waals surface area contributed by atoms with Crippen molar-refractivity contribution in [1.82, 2.24) is 0 Å². The number of nitriles is 2. The van der Waals surface area contributed by atoms with E-state index in [1.54, 1.807) is 17.0 Å². The number of anilines is 2. The molecule has 2 aromatic carbocycles. The highest BCUT2D eigenvalue weighted by atomic mass is 35.5. The number of fused-ring (bicyclic) bond motifs is 3. The van der Waals surface area contributed by atoms with Crippen LogP contribution >= 0.6 is 11.6 Å². The van der Waals surface area contributed by atoms with E-state index in [9.17, 15) is 10.5 Å². The van der Waals surface area contributed by atoms with Crippen LogP contribution in [0.4, 0.5) is 11.4 Å². The summed E-state index contributed by atoms with van der Waals surface area (Å²) in [6, 6.07) is 19.2. The third kappa shape index (κ3) is 2.15. The number of allylic oxidation sites excluding steroid dienone is 2. The van der Waals surface area contributed by atoms with E-state index in [1.165, 1.54) is 0 Å². The summed E-state index contributed by atoms with van der Waals surface area (Å²) in [5.74, 6) is 0.398. The predicted octanol–water partition coefficient (Wildman–Crippen LogP) is 3.80. The van der Waals surface area contributed by atoms with Crippen LogP contribution in [-0.2, 0) is 0 Å². The molecular weight excluding hydrogens is 334 g/mol. The largest absolute Gasteiger partial charge is 0.384 e. The molecule has 6 heteroatoms. The number of nitrogens with two attached hydrogens (primary N) is 1. The molecule has 5 nitrogen and oxygen atoms in total. The molecule has 0 radical (unpaired) electrons. The Bertz CT molecular complexity index is 1020. The van der Waals surface area contributed by atoms with Gasteiger partial charge >= 0.3 is 0 Å². The van der Waals surface area contributed by atoms with Crippen LogP contribution in [0.3, 0.4) is 0 Å². The van der Waals surface area contributed by atoms with Gasteiger partial charge < -0.3 is 11.1 Å². The van der Waals surface area contributed by atoms with Crippen LogP contribution in [0, 0.1) is 22.7 Å². The number of halogens is 1. The van der Waals surface area contributed by atoms with Crippen molar-refractivity contribution in [3.63, 3.8) is 0 Å². The number of benzene rings is 2. The van der Waals surface area contributed by atoms with Gasteiger partial charge in [0, 0.05) is 5.02 Å². The molecule has 1 atom stereocenters. The topological polar surface area (TPSA) is 88.9 Å². The highest BCUT2D eigenvalue weighted by molar-refractivity contribution is 6.30. The lowest BCUT2D eigenvalue weighted by Gasteiger charge is -2.31. The Kier molecular flexibility index (Phi) is 3.39. The molecule has 0 amide bonds. The summed E-state index contributed by atoms with van der Waals surface area (Å²) in [7, 11) is 0. The van der Waals surface area contributed by atoms with Crippen LogP contribution in [0.2, 0.25) is 5.02 Å². The van der Waals surface area contributed by atoms with Crippen LogP contribution in [-0.4, -0.2) is 0 Å². The molecule has 0 unspecified atom stereocenters. The first-order valence-corrected chi connectivity index (χ1v) is 7.99. The SMILES string of the molecule is N#CC1=C(N)N2C(=C(C#N)[C@H]1c1ccc(Cl)cc1)Nc1ccccc12. The molecule has 4 rings (SSSR count). The van der Waals surface area contributed by atoms with Gasteiger partial charge in [-0.25, -0.2) is 0 Å². The zero-order valence-electron chi connectivity index (χ0n) is 13.0. The monoisotopic (exact) mass is 345 g/mol. The lowest BCUT2D eigenvalue weighted by atomic mass is 9.83. The normalized spacial score (nSPS) is 18.2. The maximum absolute atomic E-state index is 9.83. The predicted molar refractivity (Wildman–Crippen MR) is 96.2 cm³/mol. The molecule has 0 spiro atoms. The number of hydrogen-bond donors (Lipinski definition) is 2. The van der Waals surface area contributed by atoms with Gasteiger partial charge in [-0.1, -0.05) is 35.9 Å². The second kappa shape index (κ2) is 5.59. The fraction of sp³-hybridized carbons (Fsp3) is 0.0526. The lowest BCUT2D eigenvalue weighted by Crippen LogP contribution is -2.34. The molecule has 0 saturated heterocycles. The van der Waals surface area contributed by atoms with Crippen LogP contribution in [0.1, 0.15) is 11.5 Å². The van der Waals surface area contributed by atoms with Crippen molar-refractivity contribution in [2.24, 2.45) is 5.73 Å². The van der Waals surface area contributed by atoms with E-state index in [-0.39, 0.29) is 0 Å². The average molecular weight is 346 g/mol. The summed E-state index contributed by atoms with van der Waals surface area (Å²) >= 11 is 5.97. The summed E-state index contributed by atoms with van der Waals surface area (Å²) in [6.07, 6.45) is 0. The van der Waals surface area contributed by atoms with Crippen molar-refractivity contribution in [3.8, 4) is 12.1 Å². The van der Waals surface area contributed by atoms with Crippen LogP contribution in [0.15, 0.2) is 71.3 Å². The van der Waals surface area contributed by atoms with E-state index in [1.807, 2.05) is 36.4 Å². The zero-order valence-corrected chi connectivity index (χ0v) is 13.7. The van der Waals surface area contributed by atoms with E-state index >= 15 is 0 Å². The zero-order chi connectivity index (χ0) is 17.6. The Morgan fingerprint density at radius 2 is 1.68 bits per heavy atom. The minimum atomic E-state index is -0.527. The molecule has 25 heavy (non-hydrogen) atoms. The van der Waals surface area contributed by atoms with Crippen molar-refractivity contribution in [2.45, 2.75) is 5.92 Å². The van der Waals surface area contributed by atoms with Gasteiger partial charge in [-0.05, 0) is 29.8 Å². The Balaban J connectivity index is 1.96. The number of nitrogens with zero attached hydrogens (tertiary/aromatic N) is 3. The van der Waals surface area contributed by atoms with E-state index in [4.69, 9.17) is 17.3 Å². The molecule has 0 fully saturated rings. The first kappa shape index (κ1) is 15.1. The van der Waals surface area contributed by atoms with Gasteiger partial charge in [-0.3, -0.25) is 4.90 Å². The first-order chi connectivity index (χ1) is 12.2.